The Balaban J connectivity index is 1.77. The van der Waals surface area contributed by atoms with E-state index in [-0.39, 0.29) is 17.9 Å². The number of amides is 2. The van der Waals surface area contributed by atoms with Crippen LogP contribution in [0.15, 0.2) is 30.5 Å². The van der Waals surface area contributed by atoms with Gasteiger partial charge in [-0.25, -0.2) is 0 Å². The van der Waals surface area contributed by atoms with Crippen molar-refractivity contribution in [2.24, 2.45) is 0 Å². The summed E-state index contributed by atoms with van der Waals surface area (Å²) in [6.07, 6.45) is 11.3. The normalized spacial score (nSPS) is 20.7. The number of rotatable bonds is 3. The van der Waals surface area contributed by atoms with Crippen LogP contribution in [0.3, 0.4) is 0 Å². The lowest BCUT2D eigenvalue weighted by molar-refractivity contribution is -0.135. The van der Waals surface area contributed by atoms with Gasteiger partial charge in [-0.15, -0.1) is 0 Å². The summed E-state index contributed by atoms with van der Waals surface area (Å²) >= 11 is 0. The fourth-order valence-corrected chi connectivity index (χ4v) is 4.07. The van der Waals surface area contributed by atoms with Gasteiger partial charge in [0.25, 0.3) is 0 Å². The van der Waals surface area contributed by atoms with E-state index in [1.54, 1.807) is 11.8 Å². The lowest BCUT2D eigenvalue weighted by Crippen LogP contribution is -2.40. The molecule has 0 N–H and O–H groups in total. The van der Waals surface area contributed by atoms with Crippen LogP contribution in [0.4, 0.5) is 0 Å². The molecular weight excluding hydrogens is 312 g/mol. The zero-order chi connectivity index (χ0) is 17.8. The summed E-state index contributed by atoms with van der Waals surface area (Å²) in [6.45, 7) is 1.56. The lowest BCUT2D eigenvalue weighted by Gasteiger charge is -2.35. The Labute approximate surface area is 150 Å². The van der Waals surface area contributed by atoms with E-state index >= 15 is 0 Å². The standard InChI is InChI=1S/C21H28N2O2/c1-16(24)23-14-13-17-9-7-8-12-19(17)20(23)15-21(25)22(2)18-10-5-3-4-6-11-18/h7-9,12-14,18,20H,3-6,10-11,15H2,1-2H3/t20-/m0/s1. The molecule has 2 amide bonds. The average Bonchev–Trinajstić information content (AvgIpc) is 2.90. The molecule has 1 aliphatic carbocycles. The van der Waals surface area contributed by atoms with E-state index in [0.717, 1.165) is 24.0 Å². The molecule has 2 aliphatic rings. The van der Waals surface area contributed by atoms with Gasteiger partial charge in [-0.2, -0.15) is 0 Å². The molecule has 1 fully saturated rings. The molecule has 1 aliphatic heterocycles. The Kier molecular flexibility index (Phi) is 5.57. The molecule has 134 valence electrons. The summed E-state index contributed by atoms with van der Waals surface area (Å²) in [4.78, 5) is 28.7. The fraction of sp³-hybridized carbons (Fsp3) is 0.524. The highest BCUT2D eigenvalue weighted by molar-refractivity contribution is 5.82. The van der Waals surface area contributed by atoms with Crippen molar-refractivity contribution in [1.82, 2.24) is 9.80 Å². The van der Waals surface area contributed by atoms with Gasteiger partial charge in [-0.05, 0) is 30.0 Å². The number of hydrogen-bond acceptors (Lipinski definition) is 2. The largest absolute Gasteiger partial charge is 0.343 e. The van der Waals surface area contributed by atoms with E-state index < -0.39 is 0 Å². The molecule has 0 saturated heterocycles. The predicted molar refractivity (Wildman–Crippen MR) is 99.6 cm³/mol. The molecule has 0 aromatic heterocycles. The van der Waals surface area contributed by atoms with Crippen molar-refractivity contribution >= 4 is 17.9 Å². The molecule has 4 nitrogen and oxygen atoms in total. The summed E-state index contributed by atoms with van der Waals surface area (Å²) in [7, 11) is 1.93. The Morgan fingerprint density at radius 3 is 2.48 bits per heavy atom. The molecule has 0 radical (unpaired) electrons. The molecule has 1 aromatic carbocycles. The maximum atomic E-state index is 13.0. The van der Waals surface area contributed by atoms with E-state index in [9.17, 15) is 9.59 Å². The molecule has 25 heavy (non-hydrogen) atoms. The van der Waals surface area contributed by atoms with E-state index in [1.165, 1.54) is 25.7 Å². The average molecular weight is 340 g/mol. The van der Waals surface area contributed by atoms with Crippen molar-refractivity contribution in [1.29, 1.82) is 0 Å². The van der Waals surface area contributed by atoms with Crippen LogP contribution in [-0.2, 0) is 9.59 Å². The highest BCUT2D eigenvalue weighted by Crippen LogP contribution is 2.33. The van der Waals surface area contributed by atoms with E-state index in [0.29, 0.717) is 12.5 Å². The van der Waals surface area contributed by atoms with Gasteiger partial charge < -0.3 is 9.80 Å². The molecule has 0 unspecified atom stereocenters. The lowest BCUT2D eigenvalue weighted by atomic mass is 9.93. The molecule has 0 bridgehead atoms. The van der Waals surface area contributed by atoms with Crippen molar-refractivity contribution in [3.05, 3.63) is 41.6 Å². The number of benzene rings is 1. The van der Waals surface area contributed by atoms with Crippen LogP contribution < -0.4 is 0 Å². The third-order valence-corrected chi connectivity index (χ3v) is 5.60. The Bertz CT molecular complexity index is 660. The van der Waals surface area contributed by atoms with Crippen LogP contribution in [0.1, 0.15) is 69.0 Å². The number of fused-ring (bicyclic) bond motifs is 1. The molecular formula is C21H28N2O2. The monoisotopic (exact) mass is 340 g/mol. The zero-order valence-corrected chi connectivity index (χ0v) is 15.3. The second-order valence-corrected chi connectivity index (χ2v) is 7.24. The summed E-state index contributed by atoms with van der Waals surface area (Å²) in [5.41, 5.74) is 2.15. The first-order chi connectivity index (χ1) is 12.1. The van der Waals surface area contributed by atoms with Crippen LogP contribution in [0, 0.1) is 0 Å². The minimum atomic E-state index is -0.209. The van der Waals surface area contributed by atoms with Gasteiger partial charge in [0, 0.05) is 26.2 Å². The first kappa shape index (κ1) is 17.7. The number of nitrogens with zero attached hydrogens (tertiary/aromatic N) is 2. The smallest absolute Gasteiger partial charge is 0.225 e. The molecule has 1 heterocycles. The Morgan fingerprint density at radius 2 is 1.80 bits per heavy atom. The van der Waals surface area contributed by atoms with E-state index in [2.05, 4.69) is 0 Å². The predicted octanol–water partition coefficient (Wildman–Crippen LogP) is 4.13. The van der Waals surface area contributed by atoms with Gasteiger partial charge in [-0.3, -0.25) is 9.59 Å². The summed E-state index contributed by atoms with van der Waals surface area (Å²) in [5, 5.41) is 0. The summed E-state index contributed by atoms with van der Waals surface area (Å²) in [5.74, 6) is 0.105. The van der Waals surface area contributed by atoms with Gasteiger partial charge in [0.05, 0.1) is 12.5 Å². The van der Waals surface area contributed by atoms with Gasteiger partial charge >= 0.3 is 0 Å². The number of carbonyl (C=O) groups is 2. The second kappa shape index (κ2) is 7.85. The first-order valence-corrected chi connectivity index (χ1v) is 9.39. The van der Waals surface area contributed by atoms with Gasteiger partial charge in [0.15, 0.2) is 0 Å². The Morgan fingerprint density at radius 1 is 1.12 bits per heavy atom. The quantitative estimate of drug-likeness (QED) is 0.776. The van der Waals surface area contributed by atoms with Crippen molar-refractivity contribution < 1.29 is 9.59 Å². The van der Waals surface area contributed by atoms with Crippen molar-refractivity contribution in [2.75, 3.05) is 7.05 Å². The maximum Gasteiger partial charge on any atom is 0.225 e. The van der Waals surface area contributed by atoms with Gasteiger partial charge in [-0.1, -0.05) is 49.9 Å². The third kappa shape index (κ3) is 3.94. The van der Waals surface area contributed by atoms with Crippen molar-refractivity contribution in [3.63, 3.8) is 0 Å². The van der Waals surface area contributed by atoms with Crippen LogP contribution in [0.5, 0.6) is 0 Å². The highest BCUT2D eigenvalue weighted by Gasteiger charge is 2.30. The molecule has 1 aromatic rings. The van der Waals surface area contributed by atoms with E-state index in [1.807, 2.05) is 48.5 Å². The van der Waals surface area contributed by atoms with Crippen LogP contribution in [0.25, 0.3) is 6.08 Å². The van der Waals surface area contributed by atoms with Gasteiger partial charge in [0.1, 0.15) is 0 Å². The SMILES string of the molecule is CC(=O)N1C=Cc2ccccc2[C@@H]1CC(=O)N(C)C1CCCCCC1. The summed E-state index contributed by atoms with van der Waals surface area (Å²) < 4.78 is 0. The van der Waals surface area contributed by atoms with Crippen LogP contribution >= 0.6 is 0 Å². The van der Waals surface area contributed by atoms with Gasteiger partial charge in [0.2, 0.25) is 11.8 Å². The molecule has 0 spiro atoms. The zero-order valence-electron chi connectivity index (χ0n) is 15.3. The van der Waals surface area contributed by atoms with Crippen LogP contribution in [-0.4, -0.2) is 34.7 Å². The first-order valence-electron chi connectivity index (χ1n) is 9.39. The molecule has 1 saturated carbocycles. The number of carbonyl (C=O) groups excluding carboxylic acids is 2. The minimum absolute atomic E-state index is 0.0272. The third-order valence-electron chi connectivity index (χ3n) is 5.60. The molecule has 1 atom stereocenters. The Hall–Kier alpha value is -2.10. The van der Waals surface area contributed by atoms with Crippen LogP contribution in [0.2, 0.25) is 0 Å². The molecule has 3 rings (SSSR count). The van der Waals surface area contributed by atoms with Crippen molar-refractivity contribution in [2.45, 2.75) is 64.0 Å². The maximum absolute atomic E-state index is 13.0. The minimum Gasteiger partial charge on any atom is -0.343 e. The van der Waals surface area contributed by atoms with Crippen molar-refractivity contribution in [3.8, 4) is 0 Å². The fourth-order valence-electron chi connectivity index (χ4n) is 4.07. The topological polar surface area (TPSA) is 40.6 Å². The highest BCUT2D eigenvalue weighted by atomic mass is 16.2. The number of hydrogen-bond donors (Lipinski definition) is 0. The second-order valence-electron chi connectivity index (χ2n) is 7.24. The summed E-state index contributed by atoms with van der Waals surface area (Å²) in [6, 6.07) is 8.16. The molecule has 4 heteroatoms. The van der Waals surface area contributed by atoms with E-state index in [4.69, 9.17) is 0 Å².